The van der Waals surface area contributed by atoms with Gasteiger partial charge in [-0.15, -0.1) is 11.3 Å². The van der Waals surface area contributed by atoms with E-state index in [1.54, 1.807) is 30.8 Å². The van der Waals surface area contributed by atoms with E-state index in [0.717, 1.165) is 51.2 Å². The standard InChI is InChI=1S/C21H30N8OS/c1-22-20(28-15-11-27(12-16-28)19-4-2-17-31-19)25-8-5-18(30)26-9-13-29(14-10-26)21-23-6-3-7-24-21/h2-4,6-7,17H,5,8-16H2,1H3,(H,22,25). The van der Waals surface area contributed by atoms with Gasteiger partial charge in [-0.2, -0.15) is 0 Å². The fourth-order valence-corrected chi connectivity index (χ4v) is 4.76. The van der Waals surface area contributed by atoms with Gasteiger partial charge < -0.3 is 24.9 Å². The van der Waals surface area contributed by atoms with Crippen LogP contribution in [0.1, 0.15) is 6.42 Å². The number of hydrogen-bond donors (Lipinski definition) is 1. The Bertz CT molecular complexity index is 844. The van der Waals surface area contributed by atoms with Crippen LogP contribution in [0.15, 0.2) is 41.0 Å². The van der Waals surface area contributed by atoms with Crippen LogP contribution in [0.2, 0.25) is 0 Å². The van der Waals surface area contributed by atoms with Gasteiger partial charge in [-0.05, 0) is 23.6 Å². The van der Waals surface area contributed by atoms with Crippen molar-refractivity contribution in [2.45, 2.75) is 6.42 Å². The highest BCUT2D eigenvalue weighted by atomic mass is 32.1. The van der Waals surface area contributed by atoms with E-state index in [1.165, 1.54) is 5.00 Å². The summed E-state index contributed by atoms with van der Waals surface area (Å²) in [5.41, 5.74) is 0. The summed E-state index contributed by atoms with van der Waals surface area (Å²) in [6.07, 6.45) is 3.97. The van der Waals surface area contributed by atoms with E-state index in [-0.39, 0.29) is 5.91 Å². The summed E-state index contributed by atoms with van der Waals surface area (Å²) in [7, 11) is 1.81. The maximum atomic E-state index is 12.6. The third kappa shape index (κ3) is 5.43. The normalized spacial score (nSPS) is 17.8. The molecule has 4 heterocycles. The van der Waals surface area contributed by atoms with Gasteiger partial charge in [0, 0.05) is 84.8 Å². The molecule has 2 aliphatic heterocycles. The Balaban J connectivity index is 1.17. The van der Waals surface area contributed by atoms with Gasteiger partial charge in [0.15, 0.2) is 5.96 Å². The number of thiophene rings is 1. The van der Waals surface area contributed by atoms with E-state index >= 15 is 0 Å². The SMILES string of the molecule is CN=C(NCCC(=O)N1CCN(c2ncccn2)CC1)N1CCN(c2cccs2)CC1. The molecule has 1 N–H and O–H groups in total. The zero-order chi connectivity index (χ0) is 21.5. The highest BCUT2D eigenvalue weighted by Gasteiger charge is 2.23. The predicted molar refractivity (Wildman–Crippen MR) is 125 cm³/mol. The molecule has 0 aromatic carbocycles. The van der Waals surface area contributed by atoms with Crippen molar-refractivity contribution in [3.63, 3.8) is 0 Å². The molecule has 0 bridgehead atoms. The minimum atomic E-state index is 0.180. The van der Waals surface area contributed by atoms with Gasteiger partial charge >= 0.3 is 0 Å². The molecule has 0 radical (unpaired) electrons. The van der Waals surface area contributed by atoms with Crippen molar-refractivity contribution in [1.29, 1.82) is 0 Å². The van der Waals surface area contributed by atoms with Crippen molar-refractivity contribution < 1.29 is 4.79 Å². The zero-order valence-corrected chi connectivity index (χ0v) is 18.8. The molecule has 2 aromatic heterocycles. The number of carbonyl (C=O) groups is 1. The van der Waals surface area contributed by atoms with Gasteiger partial charge in [0.25, 0.3) is 0 Å². The minimum absolute atomic E-state index is 0.180. The topological polar surface area (TPSA) is 80.2 Å². The molecule has 31 heavy (non-hydrogen) atoms. The number of guanidine groups is 1. The van der Waals surface area contributed by atoms with Crippen molar-refractivity contribution in [2.24, 2.45) is 4.99 Å². The Labute approximate surface area is 187 Å². The molecule has 0 saturated carbocycles. The number of carbonyl (C=O) groups excluding carboxylic acids is 1. The van der Waals surface area contributed by atoms with Crippen LogP contribution in [0.3, 0.4) is 0 Å². The molecular weight excluding hydrogens is 412 g/mol. The second-order valence-electron chi connectivity index (χ2n) is 7.57. The van der Waals surface area contributed by atoms with Crippen molar-refractivity contribution in [1.82, 2.24) is 25.1 Å². The summed E-state index contributed by atoms with van der Waals surface area (Å²) < 4.78 is 0. The van der Waals surface area contributed by atoms with E-state index in [9.17, 15) is 4.79 Å². The molecule has 2 aliphatic rings. The quantitative estimate of drug-likeness (QED) is 0.546. The molecular formula is C21H30N8OS. The maximum absolute atomic E-state index is 12.6. The largest absolute Gasteiger partial charge is 0.360 e. The molecule has 0 spiro atoms. The molecule has 0 unspecified atom stereocenters. The first-order valence-corrected chi connectivity index (χ1v) is 11.7. The van der Waals surface area contributed by atoms with Crippen LogP contribution in [0, 0.1) is 0 Å². The third-order valence-electron chi connectivity index (χ3n) is 5.70. The summed E-state index contributed by atoms with van der Waals surface area (Å²) in [5.74, 6) is 1.79. The zero-order valence-electron chi connectivity index (χ0n) is 18.0. The lowest BCUT2D eigenvalue weighted by Gasteiger charge is -2.37. The van der Waals surface area contributed by atoms with E-state index in [0.29, 0.717) is 26.1 Å². The van der Waals surface area contributed by atoms with Gasteiger partial charge in [0.05, 0.1) is 5.00 Å². The predicted octanol–water partition coefficient (Wildman–Crippen LogP) is 0.974. The van der Waals surface area contributed by atoms with Crippen LogP contribution in [0.4, 0.5) is 10.9 Å². The number of nitrogens with zero attached hydrogens (tertiary/aromatic N) is 7. The molecule has 2 aromatic rings. The fraction of sp³-hybridized carbons (Fsp3) is 0.524. The van der Waals surface area contributed by atoms with Gasteiger partial charge in [-0.25, -0.2) is 9.97 Å². The lowest BCUT2D eigenvalue weighted by atomic mass is 10.3. The van der Waals surface area contributed by atoms with Crippen LogP contribution in [0.25, 0.3) is 0 Å². The molecule has 2 fully saturated rings. The van der Waals surface area contributed by atoms with Gasteiger partial charge in [-0.3, -0.25) is 9.79 Å². The molecule has 1 amide bonds. The van der Waals surface area contributed by atoms with Crippen molar-refractivity contribution in [3.8, 4) is 0 Å². The van der Waals surface area contributed by atoms with E-state index < -0.39 is 0 Å². The fourth-order valence-electron chi connectivity index (χ4n) is 3.97. The average molecular weight is 443 g/mol. The molecule has 166 valence electrons. The number of piperazine rings is 2. The lowest BCUT2D eigenvalue weighted by molar-refractivity contribution is -0.131. The second kappa shape index (κ2) is 10.4. The monoisotopic (exact) mass is 442 g/mol. The molecule has 9 nitrogen and oxygen atoms in total. The lowest BCUT2D eigenvalue weighted by Crippen LogP contribution is -2.53. The van der Waals surface area contributed by atoms with Crippen molar-refractivity contribution in [3.05, 3.63) is 36.0 Å². The highest BCUT2D eigenvalue weighted by Crippen LogP contribution is 2.22. The number of aromatic nitrogens is 2. The number of hydrogen-bond acceptors (Lipinski definition) is 7. The van der Waals surface area contributed by atoms with Crippen LogP contribution in [0.5, 0.6) is 0 Å². The van der Waals surface area contributed by atoms with Crippen molar-refractivity contribution >= 4 is 34.2 Å². The number of rotatable bonds is 5. The maximum Gasteiger partial charge on any atom is 0.225 e. The first-order valence-electron chi connectivity index (χ1n) is 10.8. The highest BCUT2D eigenvalue weighted by molar-refractivity contribution is 7.14. The van der Waals surface area contributed by atoms with E-state index in [4.69, 9.17) is 0 Å². The molecule has 0 aliphatic carbocycles. The number of nitrogens with one attached hydrogen (secondary N) is 1. The summed E-state index contributed by atoms with van der Waals surface area (Å²) in [6.45, 7) is 7.35. The van der Waals surface area contributed by atoms with Crippen LogP contribution >= 0.6 is 11.3 Å². The Hall–Kier alpha value is -2.88. The van der Waals surface area contributed by atoms with Gasteiger partial charge in [-0.1, -0.05) is 0 Å². The second-order valence-corrected chi connectivity index (χ2v) is 8.49. The number of amides is 1. The van der Waals surface area contributed by atoms with E-state index in [2.05, 4.69) is 52.5 Å². The average Bonchev–Trinajstić information content (AvgIpc) is 3.38. The Morgan fingerprint density at radius 3 is 2.32 bits per heavy atom. The van der Waals surface area contributed by atoms with Gasteiger partial charge in [0.2, 0.25) is 11.9 Å². The smallest absolute Gasteiger partial charge is 0.225 e. The molecule has 10 heteroatoms. The third-order valence-corrected chi connectivity index (χ3v) is 6.63. The van der Waals surface area contributed by atoms with Crippen molar-refractivity contribution in [2.75, 3.05) is 75.8 Å². The molecule has 0 atom stereocenters. The summed E-state index contributed by atoms with van der Waals surface area (Å²) in [6, 6.07) is 6.08. The van der Waals surface area contributed by atoms with E-state index in [1.807, 2.05) is 11.0 Å². The first kappa shape index (κ1) is 21.4. The van der Waals surface area contributed by atoms with Gasteiger partial charge in [0.1, 0.15) is 0 Å². The number of anilines is 2. The summed E-state index contributed by atoms with van der Waals surface area (Å²) in [5, 5.41) is 6.82. The Morgan fingerprint density at radius 2 is 1.68 bits per heavy atom. The molecule has 2 saturated heterocycles. The first-order chi connectivity index (χ1) is 15.2. The number of aliphatic imine (C=N–C) groups is 1. The minimum Gasteiger partial charge on any atom is -0.360 e. The summed E-state index contributed by atoms with van der Waals surface area (Å²) >= 11 is 1.78. The molecule has 4 rings (SSSR count). The Morgan fingerprint density at radius 1 is 1.00 bits per heavy atom. The Kier molecular flexibility index (Phi) is 7.18. The summed E-state index contributed by atoms with van der Waals surface area (Å²) in [4.78, 5) is 34.4. The van der Waals surface area contributed by atoms with Crippen LogP contribution in [-0.4, -0.2) is 97.6 Å². The van der Waals surface area contributed by atoms with Crippen LogP contribution in [-0.2, 0) is 4.79 Å². The van der Waals surface area contributed by atoms with Crippen LogP contribution < -0.4 is 15.1 Å².